The Morgan fingerprint density at radius 3 is 2.76 bits per heavy atom. The van der Waals surface area contributed by atoms with Crippen LogP contribution in [-0.2, 0) is 6.54 Å². The fourth-order valence-corrected chi connectivity index (χ4v) is 1.85. The number of rotatable bonds is 4. The highest BCUT2D eigenvalue weighted by Crippen LogP contribution is 2.20. The maximum absolute atomic E-state index is 12.9. The minimum atomic E-state index is -0.569. The van der Waals surface area contributed by atoms with E-state index in [0.717, 1.165) is 5.56 Å². The Morgan fingerprint density at radius 2 is 2.10 bits per heavy atom. The lowest BCUT2D eigenvalue weighted by atomic mass is 10.1. The van der Waals surface area contributed by atoms with E-state index in [0.29, 0.717) is 11.5 Å². The van der Waals surface area contributed by atoms with Gasteiger partial charge in [-0.3, -0.25) is 0 Å². The Hall–Kier alpha value is -3.03. The molecule has 0 spiro atoms. The average molecular weight is 288 g/mol. The van der Waals surface area contributed by atoms with E-state index >= 15 is 0 Å². The molecule has 0 aliphatic carbocycles. The first kappa shape index (κ1) is 13.0. The second kappa shape index (κ2) is 5.16. The van der Waals surface area contributed by atoms with Gasteiger partial charge in [0.25, 0.3) is 0 Å². The highest BCUT2D eigenvalue weighted by atomic mass is 19.1. The van der Waals surface area contributed by atoms with Crippen LogP contribution < -0.4 is 0 Å². The van der Waals surface area contributed by atoms with Crippen molar-refractivity contribution in [1.29, 1.82) is 0 Å². The monoisotopic (exact) mass is 288 g/mol. The van der Waals surface area contributed by atoms with Gasteiger partial charge in [-0.05, 0) is 34.2 Å². The van der Waals surface area contributed by atoms with E-state index in [1.165, 1.54) is 29.2 Å². The summed E-state index contributed by atoms with van der Waals surface area (Å²) in [7, 11) is 0. The lowest BCUT2D eigenvalue weighted by molar-refractivity contribution is -0.389. The molecule has 3 aromatic rings. The van der Waals surface area contributed by atoms with Gasteiger partial charge in [-0.1, -0.05) is 5.16 Å². The number of nitro groups is 1. The van der Waals surface area contributed by atoms with E-state index in [1.54, 1.807) is 18.2 Å². The van der Waals surface area contributed by atoms with Crippen molar-refractivity contribution in [1.82, 2.24) is 14.7 Å². The van der Waals surface area contributed by atoms with Gasteiger partial charge < -0.3 is 19.2 Å². The van der Waals surface area contributed by atoms with Crippen LogP contribution in [0.3, 0.4) is 0 Å². The SMILES string of the molecule is O=[N+]([O-])c1cn(Cc2cc(-c3ccc(F)cc3)no2)cn1. The van der Waals surface area contributed by atoms with Crippen LogP contribution in [0.15, 0.2) is 47.4 Å². The van der Waals surface area contributed by atoms with Crippen molar-refractivity contribution in [2.24, 2.45) is 0 Å². The normalized spacial score (nSPS) is 10.7. The molecule has 21 heavy (non-hydrogen) atoms. The van der Waals surface area contributed by atoms with Crippen molar-refractivity contribution < 1.29 is 13.8 Å². The van der Waals surface area contributed by atoms with Gasteiger partial charge in [0.15, 0.2) is 5.76 Å². The summed E-state index contributed by atoms with van der Waals surface area (Å²) in [5, 5.41) is 14.4. The van der Waals surface area contributed by atoms with Crippen molar-refractivity contribution in [3.63, 3.8) is 0 Å². The van der Waals surface area contributed by atoms with Crippen molar-refractivity contribution in [3.8, 4) is 11.3 Å². The topological polar surface area (TPSA) is 87.0 Å². The molecule has 8 heteroatoms. The Morgan fingerprint density at radius 1 is 1.33 bits per heavy atom. The van der Waals surface area contributed by atoms with Gasteiger partial charge in [0, 0.05) is 11.6 Å². The summed E-state index contributed by atoms with van der Waals surface area (Å²) in [4.78, 5) is 13.6. The van der Waals surface area contributed by atoms with Crippen LogP contribution in [-0.4, -0.2) is 19.6 Å². The zero-order chi connectivity index (χ0) is 14.8. The molecule has 2 heterocycles. The summed E-state index contributed by atoms with van der Waals surface area (Å²) in [5.41, 5.74) is 1.29. The second-order valence-electron chi connectivity index (χ2n) is 4.35. The number of halogens is 1. The molecule has 0 fully saturated rings. The third-order valence-electron chi connectivity index (χ3n) is 2.84. The first-order valence-electron chi connectivity index (χ1n) is 5.99. The highest BCUT2D eigenvalue weighted by molar-refractivity contribution is 5.58. The van der Waals surface area contributed by atoms with E-state index in [9.17, 15) is 14.5 Å². The van der Waals surface area contributed by atoms with Gasteiger partial charge in [-0.2, -0.15) is 0 Å². The third-order valence-corrected chi connectivity index (χ3v) is 2.84. The third kappa shape index (κ3) is 2.78. The van der Waals surface area contributed by atoms with Gasteiger partial charge in [-0.15, -0.1) is 0 Å². The molecule has 0 aliphatic heterocycles. The van der Waals surface area contributed by atoms with Crippen LogP contribution in [0.2, 0.25) is 0 Å². The van der Waals surface area contributed by atoms with Gasteiger partial charge in [0.05, 0.1) is 6.54 Å². The minimum Gasteiger partial charge on any atom is -0.359 e. The Kier molecular flexibility index (Phi) is 3.19. The molecule has 0 bridgehead atoms. The summed E-state index contributed by atoms with van der Waals surface area (Å²) in [6.45, 7) is 0.273. The standard InChI is InChI=1S/C13H9FN4O3/c14-10-3-1-9(2-4-10)12-5-11(21-16-12)6-17-7-13(15-8-17)18(19)20/h1-5,7-8H,6H2. The molecule has 0 saturated heterocycles. The van der Waals surface area contributed by atoms with E-state index in [-0.39, 0.29) is 18.2 Å². The van der Waals surface area contributed by atoms with Crippen molar-refractivity contribution in [3.05, 3.63) is 64.5 Å². The fraction of sp³-hybridized carbons (Fsp3) is 0.0769. The summed E-state index contributed by atoms with van der Waals surface area (Å²) in [6.07, 6.45) is 2.65. The summed E-state index contributed by atoms with van der Waals surface area (Å²) < 4.78 is 19.5. The number of benzene rings is 1. The summed E-state index contributed by atoms with van der Waals surface area (Å²) in [5.74, 6) is -0.0388. The molecule has 0 aliphatic rings. The molecule has 3 rings (SSSR count). The van der Waals surface area contributed by atoms with E-state index < -0.39 is 4.92 Å². The molecule has 0 radical (unpaired) electrons. The number of imidazole rings is 1. The molecular weight excluding hydrogens is 279 g/mol. The first-order valence-corrected chi connectivity index (χ1v) is 5.99. The fourth-order valence-electron chi connectivity index (χ4n) is 1.85. The lowest BCUT2D eigenvalue weighted by Crippen LogP contribution is -1.94. The molecular formula is C13H9FN4O3. The molecule has 0 amide bonds. The van der Waals surface area contributed by atoms with Crippen LogP contribution in [0.5, 0.6) is 0 Å². The summed E-state index contributed by atoms with van der Waals surface area (Å²) >= 11 is 0. The molecule has 0 saturated carbocycles. The van der Waals surface area contributed by atoms with Crippen LogP contribution in [0, 0.1) is 15.9 Å². The van der Waals surface area contributed by atoms with Crippen molar-refractivity contribution in [2.75, 3.05) is 0 Å². The van der Waals surface area contributed by atoms with Crippen LogP contribution in [0.1, 0.15) is 5.76 Å². The van der Waals surface area contributed by atoms with Crippen LogP contribution in [0.4, 0.5) is 10.2 Å². The molecule has 0 unspecified atom stereocenters. The smallest absolute Gasteiger partial charge is 0.359 e. The number of hydrogen-bond acceptors (Lipinski definition) is 5. The zero-order valence-electron chi connectivity index (χ0n) is 10.6. The van der Waals surface area contributed by atoms with E-state index in [2.05, 4.69) is 10.1 Å². The Labute approximate surface area is 117 Å². The van der Waals surface area contributed by atoms with Gasteiger partial charge in [-0.25, -0.2) is 4.39 Å². The number of hydrogen-bond donors (Lipinski definition) is 0. The quantitative estimate of drug-likeness (QED) is 0.544. The molecule has 0 atom stereocenters. The predicted octanol–water partition coefficient (Wildman–Crippen LogP) is 2.63. The molecule has 106 valence electrons. The second-order valence-corrected chi connectivity index (χ2v) is 4.35. The van der Waals surface area contributed by atoms with Crippen LogP contribution >= 0.6 is 0 Å². The molecule has 2 aromatic heterocycles. The van der Waals surface area contributed by atoms with Gasteiger partial charge in [0.2, 0.25) is 6.33 Å². The van der Waals surface area contributed by atoms with Crippen LogP contribution in [0.25, 0.3) is 11.3 Å². The average Bonchev–Trinajstić information content (AvgIpc) is 3.10. The first-order chi connectivity index (χ1) is 10.1. The Bertz CT molecular complexity index is 779. The van der Waals surface area contributed by atoms with E-state index in [1.807, 2.05) is 0 Å². The van der Waals surface area contributed by atoms with Gasteiger partial charge >= 0.3 is 5.82 Å². The predicted molar refractivity (Wildman–Crippen MR) is 69.9 cm³/mol. The van der Waals surface area contributed by atoms with Gasteiger partial charge in [0.1, 0.15) is 17.7 Å². The molecule has 7 nitrogen and oxygen atoms in total. The lowest BCUT2D eigenvalue weighted by Gasteiger charge is -1.94. The van der Waals surface area contributed by atoms with Crippen molar-refractivity contribution in [2.45, 2.75) is 6.54 Å². The maximum atomic E-state index is 12.9. The molecule has 0 N–H and O–H groups in total. The van der Waals surface area contributed by atoms with E-state index in [4.69, 9.17) is 4.52 Å². The highest BCUT2D eigenvalue weighted by Gasteiger charge is 2.12. The zero-order valence-corrected chi connectivity index (χ0v) is 10.6. The number of nitrogens with zero attached hydrogens (tertiary/aromatic N) is 4. The maximum Gasteiger partial charge on any atom is 0.381 e. The molecule has 1 aromatic carbocycles. The Balaban J connectivity index is 1.78. The summed E-state index contributed by atoms with van der Waals surface area (Å²) in [6, 6.07) is 7.56. The van der Waals surface area contributed by atoms with Crippen molar-refractivity contribution >= 4 is 5.82 Å². The largest absolute Gasteiger partial charge is 0.381 e. The minimum absolute atomic E-state index is 0.228. The number of aromatic nitrogens is 3.